The Kier molecular flexibility index (Phi) is 2.01. The highest BCUT2D eigenvalue weighted by Crippen LogP contribution is 2.27. The van der Waals surface area contributed by atoms with Gasteiger partial charge in [0, 0.05) is 5.02 Å². The van der Waals surface area contributed by atoms with Crippen LogP contribution in [0, 0.1) is 6.92 Å². The molecule has 0 saturated carbocycles. The zero-order chi connectivity index (χ0) is 11.1. The number of nitrogens with zero attached hydrogens (tertiary/aromatic N) is 1. The van der Waals surface area contributed by atoms with Crippen molar-refractivity contribution < 1.29 is 8.83 Å². The monoisotopic (exact) mass is 233 g/mol. The van der Waals surface area contributed by atoms with E-state index in [-0.39, 0.29) is 0 Å². The van der Waals surface area contributed by atoms with Gasteiger partial charge in [-0.05, 0) is 37.3 Å². The van der Waals surface area contributed by atoms with Crippen LogP contribution in [-0.2, 0) is 0 Å². The summed E-state index contributed by atoms with van der Waals surface area (Å²) >= 11 is 5.87. The van der Waals surface area contributed by atoms with Gasteiger partial charge in [-0.1, -0.05) is 11.6 Å². The van der Waals surface area contributed by atoms with Crippen LogP contribution in [0.1, 0.15) is 5.76 Å². The van der Waals surface area contributed by atoms with E-state index in [1.165, 1.54) is 0 Å². The lowest BCUT2D eigenvalue weighted by atomic mass is 10.3. The van der Waals surface area contributed by atoms with Crippen molar-refractivity contribution in [2.75, 3.05) is 0 Å². The van der Waals surface area contributed by atoms with Crippen molar-refractivity contribution in [3.8, 4) is 11.7 Å². The molecule has 3 aromatic rings. The summed E-state index contributed by atoms with van der Waals surface area (Å²) in [5, 5.41) is 0.642. The van der Waals surface area contributed by atoms with Gasteiger partial charge in [-0.3, -0.25) is 0 Å². The first-order valence-corrected chi connectivity index (χ1v) is 5.23. The van der Waals surface area contributed by atoms with Gasteiger partial charge in [0.1, 0.15) is 11.3 Å². The van der Waals surface area contributed by atoms with Gasteiger partial charge in [0.15, 0.2) is 11.3 Å². The summed E-state index contributed by atoms with van der Waals surface area (Å²) in [5.41, 5.74) is 1.44. The second-order valence-electron chi connectivity index (χ2n) is 3.54. The van der Waals surface area contributed by atoms with Crippen molar-refractivity contribution in [1.29, 1.82) is 0 Å². The molecule has 16 heavy (non-hydrogen) atoms. The van der Waals surface area contributed by atoms with E-state index in [1.54, 1.807) is 18.2 Å². The van der Waals surface area contributed by atoms with E-state index in [4.69, 9.17) is 20.4 Å². The predicted octanol–water partition coefficient (Wildman–Crippen LogP) is 4.05. The molecule has 80 valence electrons. The van der Waals surface area contributed by atoms with Crippen molar-refractivity contribution in [2.24, 2.45) is 0 Å². The molecule has 0 bridgehead atoms. The van der Waals surface area contributed by atoms with Crippen molar-refractivity contribution >= 4 is 22.7 Å². The number of hydrogen-bond acceptors (Lipinski definition) is 3. The maximum Gasteiger partial charge on any atom is 0.263 e. The average molecular weight is 234 g/mol. The van der Waals surface area contributed by atoms with Crippen LogP contribution in [0.2, 0.25) is 5.02 Å². The number of benzene rings is 1. The summed E-state index contributed by atoms with van der Waals surface area (Å²) < 4.78 is 11.0. The van der Waals surface area contributed by atoms with Crippen LogP contribution in [0.5, 0.6) is 0 Å². The predicted molar refractivity (Wildman–Crippen MR) is 61.5 cm³/mol. The number of oxazole rings is 1. The Labute approximate surface area is 96.6 Å². The maximum atomic E-state index is 5.87. The van der Waals surface area contributed by atoms with E-state index < -0.39 is 0 Å². The first kappa shape index (κ1) is 9.48. The van der Waals surface area contributed by atoms with Gasteiger partial charge < -0.3 is 8.83 Å². The minimum Gasteiger partial charge on any atom is -0.456 e. The van der Waals surface area contributed by atoms with Crippen LogP contribution >= 0.6 is 11.6 Å². The Morgan fingerprint density at radius 2 is 2.00 bits per heavy atom. The van der Waals surface area contributed by atoms with Crippen LogP contribution in [0.15, 0.2) is 39.2 Å². The minimum absolute atomic E-state index is 0.477. The summed E-state index contributed by atoms with van der Waals surface area (Å²) in [6.45, 7) is 1.88. The lowest BCUT2D eigenvalue weighted by Crippen LogP contribution is -1.71. The number of rotatable bonds is 1. The number of aromatic nitrogens is 1. The fourth-order valence-electron chi connectivity index (χ4n) is 1.56. The SMILES string of the molecule is Cc1ccc(-c2nc3cc(Cl)ccc3o2)o1. The Balaban J connectivity index is 2.18. The molecule has 0 aliphatic carbocycles. The molecule has 0 spiro atoms. The Hall–Kier alpha value is -1.74. The fourth-order valence-corrected chi connectivity index (χ4v) is 1.72. The smallest absolute Gasteiger partial charge is 0.263 e. The average Bonchev–Trinajstić information content (AvgIpc) is 2.83. The number of fused-ring (bicyclic) bond motifs is 1. The standard InChI is InChI=1S/C12H8ClNO2/c1-7-2-4-11(15-7)12-14-9-6-8(13)3-5-10(9)16-12/h2-6H,1H3. The Morgan fingerprint density at radius 3 is 2.75 bits per heavy atom. The lowest BCUT2D eigenvalue weighted by molar-refractivity contribution is 0.513. The third-order valence-electron chi connectivity index (χ3n) is 2.30. The van der Waals surface area contributed by atoms with Crippen LogP contribution in [0.3, 0.4) is 0 Å². The number of halogens is 1. The summed E-state index contributed by atoms with van der Waals surface area (Å²) in [6, 6.07) is 9.04. The Morgan fingerprint density at radius 1 is 1.12 bits per heavy atom. The fraction of sp³-hybridized carbons (Fsp3) is 0.0833. The molecule has 1 aromatic carbocycles. The van der Waals surface area contributed by atoms with E-state index in [0.29, 0.717) is 22.3 Å². The molecule has 0 N–H and O–H groups in total. The molecule has 0 atom stereocenters. The van der Waals surface area contributed by atoms with Gasteiger partial charge in [0.05, 0.1) is 0 Å². The number of furan rings is 1. The molecule has 3 nitrogen and oxygen atoms in total. The maximum absolute atomic E-state index is 5.87. The normalized spacial score (nSPS) is 11.1. The highest BCUT2D eigenvalue weighted by atomic mass is 35.5. The van der Waals surface area contributed by atoms with Gasteiger partial charge in [-0.15, -0.1) is 0 Å². The summed E-state index contributed by atoms with van der Waals surface area (Å²) in [7, 11) is 0. The van der Waals surface area contributed by atoms with Gasteiger partial charge in [0.25, 0.3) is 5.89 Å². The molecule has 0 saturated heterocycles. The lowest BCUT2D eigenvalue weighted by Gasteiger charge is -1.86. The molecule has 0 amide bonds. The topological polar surface area (TPSA) is 39.2 Å². The quantitative estimate of drug-likeness (QED) is 0.637. The van der Waals surface area contributed by atoms with Crippen molar-refractivity contribution in [3.63, 3.8) is 0 Å². The van der Waals surface area contributed by atoms with E-state index in [2.05, 4.69) is 4.98 Å². The largest absolute Gasteiger partial charge is 0.456 e. The molecule has 0 aliphatic rings. The first-order chi connectivity index (χ1) is 7.72. The molecule has 3 rings (SSSR count). The van der Waals surface area contributed by atoms with Gasteiger partial charge in [-0.2, -0.15) is 0 Å². The summed E-state index contributed by atoms with van der Waals surface area (Å²) in [6.07, 6.45) is 0. The molecule has 0 aliphatic heterocycles. The molecule has 0 fully saturated rings. The minimum atomic E-state index is 0.477. The molecule has 2 heterocycles. The number of hydrogen-bond donors (Lipinski definition) is 0. The molecule has 4 heteroatoms. The zero-order valence-corrected chi connectivity index (χ0v) is 9.28. The molecular formula is C12H8ClNO2. The van der Waals surface area contributed by atoms with Crippen molar-refractivity contribution in [1.82, 2.24) is 4.98 Å². The van der Waals surface area contributed by atoms with Gasteiger partial charge in [0.2, 0.25) is 0 Å². The van der Waals surface area contributed by atoms with Crippen LogP contribution in [-0.4, -0.2) is 4.98 Å². The summed E-state index contributed by atoms with van der Waals surface area (Å²) in [5.74, 6) is 1.94. The first-order valence-electron chi connectivity index (χ1n) is 4.85. The summed E-state index contributed by atoms with van der Waals surface area (Å²) in [4.78, 5) is 4.31. The van der Waals surface area contributed by atoms with Gasteiger partial charge >= 0.3 is 0 Å². The molecule has 0 radical (unpaired) electrons. The van der Waals surface area contributed by atoms with E-state index in [9.17, 15) is 0 Å². The molecule has 0 unspecified atom stereocenters. The van der Waals surface area contributed by atoms with Crippen LogP contribution in [0.4, 0.5) is 0 Å². The second kappa shape index (κ2) is 3.39. The number of aryl methyl sites for hydroxylation is 1. The third kappa shape index (κ3) is 1.49. The third-order valence-corrected chi connectivity index (χ3v) is 2.54. The van der Waals surface area contributed by atoms with Gasteiger partial charge in [-0.25, -0.2) is 4.98 Å². The molecular weight excluding hydrogens is 226 g/mol. The highest BCUT2D eigenvalue weighted by molar-refractivity contribution is 6.31. The van der Waals surface area contributed by atoms with Crippen molar-refractivity contribution in [2.45, 2.75) is 6.92 Å². The molecule has 2 aromatic heterocycles. The zero-order valence-electron chi connectivity index (χ0n) is 8.53. The van der Waals surface area contributed by atoms with Crippen LogP contribution < -0.4 is 0 Å². The van der Waals surface area contributed by atoms with E-state index >= 15 is 0 Å². The van der Waals surface area contributed by atoms with Crippen molar-refractivity contribution in [3.05, 3.63) is 41.1 Å². The second-order valence-corrected chi connectivity index (χ2v) is 3.98. The highest BCUT2D eigenvalue weighted by Gasteiger charge is 2.11. The van der Waals surface area contributed by atoms with Crippen LogP contribution in [0.25, 0.3) is 22.8 Å². The van der Waals surface area contributed by atoms with E-state index in [0.717, 1.165) is 11.3 Å². The Bertz CT molecular complexity index is 654. The van der Waals surface area contributed by atoms with E-state index in [1.807, 2.05) is 19.1 Å².